The minimum absolute atomic E-state index is 0.0668. The number of fused-ring (bicyclic) bond motifs is 1. The molecule has 2 atom stereocenters. The SMILES string of the molecule is Cc1c2c(O[C@H](C)C3CNC(=O)C3)cc(-c3cnn(CCF)c3)cc2nn1C. The summed E-state index contributed by atoms with van der Waals surface area (Å²) >= 11 is 0. The van der Waals surface area contributed by atoms with Gasteiger partial charge in [-0.1, -0.05) is 0 Å². The number of carbonyl (C=O) groups is 1. The number of ether oxygens (including phenoxy) is 1. The predicted octanol–water partition coefficient (Wildman–Crippen LogP) is 2.62. The second kappa shape index (κ2) is 7.26. The maximum absolute atomic E-state index is 12.6. The van der Waals surface area contributed by atoms with Gasteiger partial charge < -0.3 is 10.1 Å². The molecule has 8 heteroatoms. The summed E-state index contributed by atoms with van der Waals surface area (Å²) in [5.41, 5.74) is 3.64. The molecule has 1 N–H and O–H groups in total. The molecular formula is C20H24FN5O2. The number of carbonyl (C=O) groups excluding carboxylic acids is 1. The van der Waals surface area contributed by atoms with Crippen LogP contribution in [0.2, 0.25) is 0 Å². The molecule has 3 aromatic rings. The third-order valence-corrected chi connectivity index (χ3v) is 5.45. The normalized spacial score (nSPS) is 17.9. The van der Waals surface area contributed by atoms with E-state index >= 15 is 0 Å². The summed E-state index contributed by atoms with van der Waals surface area (Å²) in [6, 6.07) is 3.98. The third kappa shape index (κ3) is 3.34. The lowest BCUT2D eigenvalue weighted by atomic mass is 10.0. The molecule has 3 heterocycles. The monoisotopic (exact) mass is 385 g/mol. The van der Waals surface area contributed by atoms with Crippen molar-refractivity contribution in [2.75, 3.05) is 13.2 Å². The Morgan fingerprint density at radius 2 is 2.21 bits per heavy atom. The highest BCUT2D eigenvalue weighted by Gasteiger charge is 2.28. The Balaban J connectivity index is 1.73. The van der Waals surface area contributed by atoms with Crippen LogP contribution in [-0.4, -0.2) is 44.8 Å². The lowest BCUT2D eigenvalue weighted by molar-refractivity contribution is -0.119. The maximum atomic E-state index is 12.6. The third-order valence-electron chi connectivity index (χ3n) is 5.45. The van der Waals surface area contributed by atoms with Gasteiger partial charge in [-0.3, -0.25) is 14.2 Å². The summed E-state index contributed by atoms with van der Waals surface area (Å²) < 4.78 is 22.4. The van der Waals surface area contributed by atoms with Gasteiger partial charge in [-0.25, -0.2) is 4.39 Å². The van der Waals surface area contributed by atoms with Crippen LogP contribution in [0.4, 0.5) is 4.39 Å². The zero-order valence-electron chi connectivity index (χ0n) is 16.3. The van der Waals surface area contributed by atoms with E-state index in [0.29, 0.717) is 13.0 Å². The number of amides is 1. The smallest absolute Gasteiger partial charge is 0.220 e. The van der Waals surface area contributed by atoms with Crippen molar-refractivity contribution in [2.24, 2.45) is 13.0 Å². The standard InChI is InChI=1S/C20H24FN5O2/c1-12-20-17(24-25(12)3)6-14(16-10-23-26(11-16)5-4-21)7-18(20)28-13(2)15-8-19(27)22-9-15/h6-7,10-11,13,15H,4-5,8-9H2,1-3H3,(H,22,27)/t13-,15?/m1/s1. The highest BCUT2D eigenvalue weighted by atomic mass is 19.1. The Bertz CT molecular complexity index is 1030. The number of hydrogen-bond donors (Lipinski definition) is 1. The first-order chi connectivity index (χ1) is 13.5. The van der Waals surface area contributed by atoms with E-state index < -0.39 is 6.67 Å². The van der Waals surface area contributed by atoms with Crippen molar-refractivity contribution in [2.45, 2.75) is 32.9 Å². The fourth-order valence-corrected chi connectivity index (χ4v) is 3.68. The topological polar surface area (TPSA) is 74.0 Å². The van der Waals surface area contributed by atoms with Crippen molar-refractivity contribution in [1.82, 2.24) is 24.9 Å². The zero-order chi connectivity index (χ0) is 19.8. The van der Waals surface area contributed by atoms with Gasteiger partial charge in [0.1, 0.15) is 18.5 Å². The van der Waals surface area contributed by atoms with Crippen LogP contribution in [0.3, 0.4) is 0 Å². The molecule has 0 spiro atoms. The summed E-state index contributed by atoms with van der Waals surface area (Å²) in [6.07, 6.45) is 3.90. The summed E-state index contributed by atoms with van der Waals surface area (Å²) in [5.74, 6) is 0.941. The molecule has 1 amide bonds. The van der Waals surface area contributed by atoms with Gasteiger partial charge in [0.05, 0.1) is 23.6 Å². The van der Waals surface area contributed by atoms with E-state index in [4.69, 9.17) is 4.74 Å². The Kier molecular flexibility index (Phi) is 4.78. The number of nitrogens with one attached hydrogen (secondary N) is 1. The highest BCUT2D eigenvalue weighted by Crippen LogP contribution is 2.35. The maximum Gasteiger partial charge on any atom is 0.220 e. The minimum atomic E-state index is -0.459. The molecule has 1 aromatic carbocycles. The number of alkyl halides is 1. The van der Waals surface area contributed by atoms with Crippen LogP contribution >= 0.6 is 0 Å². The number of nitrogens with zero attached hydrogens (tertiary/aromatic N) is 4. The van der Waals surface area contributed by atoms with Gasteiger partial charge >= 0.3 is 0 Å². The van der Waals surface area contributed by atoms with Crippen LogP contribution in [0.5, 0.6) is 5.75 Å². The first kappa shape index (κ1) is 18.5. The molecular weight excluding hydrogens is 361 g/mol. The van der Waals surface area contributed by atoms with Crippen LogP contribution < -0.4 is 10.1 Å². The van der Waals surface area contributed by atoms with Crippen molar-refractivity contribution >= 4 is 16.8 Å². The van der Waals surface area contributed by atoms with Gasteiger partial charge in [-0.2, -0.15) is 10.2 Å². The number of benzene rings is 1. The molecule has 28 heavy (non-hydrogen) atoms. The predicted molar refractivity (Wildman–Crippen MR) is 104 cm³/mol. The molecule has 1 fully saturated rings. The quantitative estimate of drug-likeness (QED) is 0.708. The Morgan fingerprint density at radius 3 is 2.93 bits per heavy atom. The molecule has 4 rings (SSSR count). The minimum Gasteiger partial charge on any atom is -0.490 e. The van der Waals surface area contributed by atoms with Gasteiger partial charge in [0.25, 0.3) is 0 Å². The Morgan fingerprint density at radius 1 is 1.39 bits per heavy atom. The number of hydrogen-bond acceptors (Lipinski definition) is 4. The second-order valence-corrected chi connectivity index (χ2v) is 7.35. The fourth-order valence-electron chi connectivity index (χ4n) is 3.68. The number of rotatable bonds is 6. The molecule has 0 aliphatic carbocycles. The van der Waals surface area contributed by atoms with Gasteiger partial charge in [0, 0.05) is 43.4 Å². The average Bonchev–Trinajstić information content (AvgIpc) is 3.36. The van der Waals surface area contributed by atoms with Crippen LogP contribution in [0, 0.1) is 12.8 Å². The van der Waals surface area contributed by atoms with E-state index in [-0.39, 0.29) is 24.5 Å². The van der Waals surface area contributed by atoms with Crippen LogP contribution in [0.1, 0.15) is 19.0 Å². The molecule has 0 radical (unpaired) electrons. The van der Waals surface area contributed by atoms with Crippen LogP contribution in [0.15, 0.2) is 24.5 Å². The molecule has 148 valence electrons. The Hall–Kier alpha value is -2.90. The van der Waals surface area contributed by atoms with Crippen molar-refractivity contribution in [3.8, 4) is 16.9 Å². The van der Waals surface area contributed by atoms with Gasteiger partial charge in [-0.05, 0) is 31.5 Å². The van der Waals surface area contributed by atoms with E-state index in [0.717, 1.165) is 33.5 Å². The van der Waals surface area contributed by atoms with E-state index in [1.165, 1.54) is 0 Å². The summed E-state index contributed by atoms with van der Waals surface area (Å²) in [5, 5.41) is 12.6. The van der Waals surface area contributed by atoms with Crippen molar-refractivity contribution in [3.05, 3.63) is 30.2 Å². The number of aromatic nitrogens is 4. The van der Waals surface area contributed by atoms with Gasteiger partial charge in [0.2, 0.25) is 5.91 Å². The van der Waals surface area contributed by atoms with Crippen LogP contribution in [-0.2, 0) is 18.4 Å². The fraction of sp³-hybridized carbons (Fsp3) is 0.450. The molecule has 1 saturated heterocycles. The highest BCUT2D eigenvalue weighted by molar-refractivity contribution is 5.92. The van der Waals surface area contributed by atoms with Crippen molar-refractivity contribution in [1.29, 1.82) is 0 Å². The lowest BCUT2D eigenvalue weighted by Gasteiger charge is -2.20. The van der Waals surface area contributed by atoms with Crippen LogP contribution in [0.25, 0.3) is 22.0 Å². The van der Waals surface area contributed by atoms with E-state index in [1.807, 2.05) is 43.9 Å². The lowest BCUT2D eigenvalue weighted by Crippen LogP contribution is -2.25. The molecule has 0 bridgehead atoms. The molecule has 1 aliphatic heterocycles. The molecule has 7 nitrogen and oxygen atoms in total. The molecule has 0 saturated carbocycles. The van der Waals surface area contributed by atoms with Gasteiger partial charge in [0.15, 0.2) is 0 Å². The largest absolute Gasteiger partial charge is 0.490 e. The first-order valence-corrected chi connectivity index (χ1v) is 9.45. The first-order valence-electron chi connectivity index (χ1n) is 9.45. The molecule has 2 aromatic heterocycles. The number of aryl methyl sites for hydroxylation is 3. The second-order valence-electron chi connectivity index (χ2n) is 7.35. The summed E-state index contributed by atoms with van der Waals surface area (Å²) in [4.78, 5) is 11.6. The molecule has 1 unspecified atom stereocenters. The van der Waals surface area contributed by atoms with E-state index in [9.17, 15) is 9.18 Å². The van der Waals surface area contributed by atoms with E-state index in [2.05, 4.69) is 15.5 Å². The van der Waals surface area contributed by atoms with E-state index in [1.54, 1.807) is 10.9 Å². The van der Waals surface area contributed by atoms with Crippen molar-refractivity contribution in [3.63, 3.8) is 0 Å². The van der Waals surface area contributed by atoms with Gasteiger partial charge in [-0.15, -0.1) is 0 Å². The Labute approximate surface area is 162 Å². The summed E-state index contributed by atoms with van der Waals surface area (Å²) in [7, 11) is 1.90. The van der Waals surface area contributed by atoms with Crippen molar-refractivity contribution < 1.29 is 13.9 Å². The number of halogens is 1. The summed E-state index contributed by atoms with van der Waals surface area (Å²) in [6.45, 7) is 4.40. The average molecular weight is 385 g/mol. The molecule has 1 aliphatic rings. The zero-order valence-corrected chi connectivity index (χ0v) is 16.3.